The van der Waals surface area contributed by atoms with Crippen molar-refractivity contribution in [3.8, 4) is 0 Å². The van der Waals surface area contributed by atoms with Gasteiger partial charge in [0.25, 0.3) is 0 Å². The molecule has 2 rings (SSSR count). The molecule has 0 aliphatic carbocycles. The maximum Gasteiger partial charge on any atom is 0.352 e. The summed E-state index contributed by atoms with van der Waals surface area (Å²) in [6.45, 7) is 0. The highest BCUT2D eigenvalue weighted by Gasteiger charge is 2.14. The van der Waals surface area contributed by atoms with Gasteiger partial charge in [0.1, 0.15) is 17.8 Å². The second-order valence-electron chi connectivity index (χ2n) is 3.76. The number of rotatable bonds is 4. The van der Waals surface area contributed by atoms with E-state index in [0.29, 0.717) is 0 Å². The second kappa shape index (κ2) is 4.77. The molecule has 19 heavy (non-hydrogen) atoms. The van der Waals surface area contributed by atoms with E-state index in [2.05, 4.69) is 15.2 Å². The van der Waals surface area contributed by atoms with E-state index in [1.165, 1.54) is 30.2 Å². The van der Waals surface area contributed by atoms with Gasteiger partial charge in [-0.15, -0.1) is 0 Å². The molecule has 0 bridgehead atoms. The Morgan fingerprint density at radius 2 is 2.16 bits per heavy atom. The number of ketones is 1. The number of hydrogen-bond acceptors (Lipinski definition) is 5. The number of nitrogens with zero attached hydrogens (tertiary/aromatic N) is 3. The van der Waals surface area contributed by atoms with Gasteiger partial charge < -0.3 is 14.8 Å². The Balaban J connectivity index is 2.29. The van der Waals surface area contributed by atoms with Gasteiger partial charge in [-0.3, -0.25) is 9.89 Å². The summed E-state index contributed by atoms with van der Waals surface area (Å²) >= 11 is 0. The van der Waals surface area contributed by atoms with Crippen molar-refractivity contribution in [3.63, 3.8) is 0 Å². The third-order valence-corrected chi connectivity index (χ3v) is 2.44. The van der Waals surface area contributed by atoms with Crippen molar-refractivity contribution in [2.24, 2.45) is 7.05 Å². The van der Waals surface area contributed by atoms with Crippen LogP contribution in [0.3, 0.4) is 0 Å². The highest BCUT2D eigenvalue weighted by Crippen LogP contribution is 2.15. The summed E-state index contributed by atoms with van der Waals surface area (Å²) in [7, 11) is 1.53. The van der Waals surface area contributed by atoms with E-state index >= 15 is 0 Å². The summed E-state index contributed by atoms with van der Waals surface area (Å²) in [6, 6.07) is 1.27. The monoisotopic (exact) mass is 262 g/mol. The zero-order valence-electron chi connectivity index (χ0n) is 9.86. The quantitative estimate of drug-likeness (QED) is 0.422. The molecule has 0 amide bonds. The Morgan fingerprint density at radius 1 is 1.42 bits per heavy atom. The van der Waals surface area contributed by atoms with Gasteiger partial charge in [0, 0.05) is 24.9 Å². The predicted molar refractivity (Wildman–Crippen MR) is 63.7 cm³/mol. The molecule has 0 radical (unpaired) electrons. The van der Waals surface area contributed by atoms with Gasteiger partial charge in [-0.1, -0.05) is 0 Å². The molecule has 0 fully saturated rings. The first kappa shape index (κ1) is 12.6. The summed E-state index contributed by atoms with van der Waals surface area (Å²) in [4.78, 5) is 26.1. The second-order valence-corrected chi connectivity index (χ2v) is 3.76. The van der Waals surface area contributed by atoms with Crippen molar-refractivity contribution in [2.45, 2.75) is 0 Å². The number of aryl methyl sites for hydroxylation is 1. The molecule has 0 aliphatic rings. The van der Waals surface area contributed by atoms with Crippen LogP contribution < -0.4 is 0 Å². The molecule has 0 aromatic carbocycles. The van der Waals surface area contributed by atoms with Crippen molar-refractivity contribution in [3.05, 3.63) is 41.7 Å². The molecule has 2 aromatic rings. The molecule has 0 saturated carbocycles. The van der Waals surface area contributed by atoms with Crippen molar-refractivity contribution in [1.82, 2.24) is 19.7 Å². The number of carboxylic acids is 1. The molecular formula is C11H10N4O4. The number of hydrogen-bond donors (Lipinski definition) is 3. The lowest BCUT2D eigenvalue weighted by Crippen LogP contribution is -2.02. The van der Waals surface area contributed by atoms with Crippen LogP contribution in [0.4, 0.5) is 0 Å². The molecule has 0 saturated heterocycles. The largest absolute Gasteiger partial charge is 0.507 e. The number of aromatic amines is 1. The minimum Gasteiger partial charge on any atom is -0.507 e. The van der Waals surface area contributed by atoms with E-state index in [4.69, 9.17) is 5.11 Å². The van der Waals surface area contributed by atoms with E-state index in [1.54, 1.807) is 0 Å². The average molecular weight is 262 g/mol. The Bertz CT molecular complexity index is 654. The molecular weight excluding hydrogens is 252 g/mol. The number of aliphatic hydroxyl groups is 1. The summed E-state index contributed by atoms with van der Waals surface area (Å²) < 4.78 is 1.33. The van der Waals surface area contributed by atoms with Crippen LogP contribution in [0.25, 0.3) is 5.76 Å². The SMILES string of the molecule is Cn1cc(/C(O)=C/C(=O)c2ncn[nH]2)cc1C(=O)O. The van der Waals surface area contributed by atoms with E-state index in [0.717, 1.165) is 6.08 Å². The van der Waals surface area contributed by atoms with Crippen molar-refractivity contribution in [2.75, 3.05) is 0 Å². The standard InChI is InChI=1S/C11H10N4O4/c1-15-4-6(2-7(15)11(18)19)8(16)3-9(17)10-12-5-13-14-10/h2-5,16H,1H3,(H,18,19)(H,12,13,14)/b8-3-. The van der Waals surface area contributed by atoms with Gasteiger partial charge in [0.2, 0.25) is 5.78 Å². The first-order valence-corrected chi connectivity index (χ1v) is 5.19. The molecule has 0 aliphatic heterocycles. The molecule has 2 aromatic heterocycles. The molecule has 0 atom stereocenters. The fourth-order valence-corrected chi connectivity index (χ4v) is 1.52. The smallest absolute Gasteiger partial charge is 0.352 e. The number of nitrogens with one attached hydrogen (secondary N) is 1. The molecule has 3 N–H and O–H groups in total. The predicted octanol–water partition coefficient (Wildman–Crippen LogP) is 0.623. The summed E-state index contributed by atoms with van der Waals surface area (Å²) in [5, 5.41) is 24.5. The summed E-state index contributed by atoms with van der Waals surface area (Å²) in [5.41, 5.74) is 0.231. The van der Waals surface area contributed by atoms with Crippen LogP contribution in [0.5, 0.6) is 0 Å². The Hall–Kier alpha value is -2.90. The first-order valence-electron chi connectivity index (χ1n) is 5.19. The number of aliphatic hydroxyl groups excluding tert-OH is 1. The molecule has 0 unspecified atom stereocenters. The number of allylic oxidation sites excluding steroid dienone is 1. The number of H-pyrrole nitrogens is 1. The lowest BCUT2D eigenvalue weighted by Gasteiger charge is -1.94. The maximum absolute atomic E-state index is 11.6. The van der Waals surface area contributed by atoms with E-state index < -0.39 is 11.8 Å². The fraction of sp³-hybridized carbons (Fsp3) is 0.0909. The minimum absolute atomic E-state index is 0.00191. The normalized spacial score (nSPS) is 11.5. The van der Waals surface area contributed by atoms with Crippen LogP contribution >= 0.6 is 0 Å². The van der Waals surface area contributed by atoms with Gasteiger partial charge in [-0.05, 0) is 6.07 Å². The first-order chi connectivity index (χ1) is 8.99. The van der Waals surface area contributed by atoms with Crippen molar-refractivity contribution in [1.29, 1.82) is 0 Å². The third-order valence-electron chi connectivity index (χ3n) is 2.44. The topological polar surface area (TPSA) is 121 Å². The zero-order chi connectivity index (χ0) is 14.0. The highest BCUT2D eigenvalue weighted by atomic mass is 16.4. The number of carbonyl (C=O) groups excluding carboxylic acids is 1. The number of aromatic nitrogens is 4. The van der Waals surface area contributed by atoms with Gasteiger partial charge in [-0.2, -0.15) is 5.10 Å². The lowest BCUT2D eigenvalue weighted by atomic mass is 10.2. The number of carbonyl (C=O) groups is 2. The number of aromatic carboxylic acids is 1. The Morgan fingerprint density at radius 3 is 2.68 bits per heavy atom. The summed E-state index contributed by atoms with van der Waals surface area (Å²) in [5.74, 6) is -2.04. The van der Waals surface area contributed by atoms with Crippen molar-refractivity contribution >= 4 is 17.5 Å². The van der Waals surface area contributed by atoms with Crippen LogP contribution in [0, 0.1) is 0 Å². The Kier molecular flexibility index (Phi) is 3.15. The van der Waals surface area contributed by atoms with Crippen molar-refractivity contribution < 1.29 is 19.8 Å². The van der Waals surface area contributed by atoms with Crippen LogP contribution in [0.2, 0.25) is 0 Å². The summed E-state index contributed by atoms with van der Waals surface area (Å²) in [6.07, 6.45) is 3.52. The molecule has 2 heterocycles. The van der Waals surface area contributed by atoms with Crippen LogP contribution in [0.1, 0.15) is 26.7 Å². The minimum atomic E-state index is -1.12. The van der Waals surface area contributed by atoms with Gasteiger partial charge >= 0.3 is 5.97 Å². The zero-order valence-corrected chi connectivity index (χ0v) is 9.86. The average Bonchev–Trinajstić information content (AvgIpc) is 2.96. The van der Waals surface area contributed by atoms with Gasteiger partial charge in [-0.25, -0.2) is 9.78 Å². The lowest BCUT2D eigenvalue weighted by molar-refractivity contribution is 0.0686. The highest BCUT2D eigenvalue weighted by molar-refractivity contribution is 6.05. The van der Waals surface area contributed by atoms with Gasteiger partial charge in [0.15, 0.2) is 5.82 Å². The van der Waals surface area contributed by atoms with E-state index in [-0.39, 0.29) is 22.8 Å². The molecule has 0 spiro atoms. The number of carboxylic acid groups (broad SMARTS) is 1. The maximum atomic E-state index is 11.6. The Labute approximate surface area is 107 Å². The molecule has 8 nitrogen and oxygen atoms in total. The van der Waals surface area contributed by atoms with Crippen LogP contribution in [0.15, 0.2) is 24.7 Å². The molecule has 8 heteroatoms. The van der Waals surface area contributed by atoms with E-state index in [1.807, 2.05) is 0 Å². The third kappa shape index (κ3) is 2.51. The van der Waals surface area contributed by atoms with Crippen LogP contribution in [-0.2, 0) is 7.05 Å². The van der Waals surface area contributed by atoms with E-state index in [9.17, 15) is 14.7 Å². The van der Waals surface area contributed by atoms with Crippen LogP contribution in [-0.4, -0.2) is 41.7 Å². The fourth-order valence-electron chi connectivity index (χ4n) is 1.52. The van der Waals surface area contributed by atoms with Gasteiger partial charge in [0.05, 0.1) is 0 Å². The molecule has 98 valence electrons.